The van der Waals surface area contributed by atoms with Crippen LogP contribution in [0.4, 0.5) is 14.5 Å². The van der Waals surface area contributed by atoms with Crippen LogP contribution in [0.2, 0.25) is 0 Å². The molecule has 1 saturated heterocycles. The Balaban J connectivity index is 2.00. The van der Waals surface area contributed by atoms with Crippen molar-refractivity contribution < 1.29 is 18.3 Å². The number of hydrogen-bond donors (Lipinski definition) is 1. The number of halogens is 2. The highest BCUT2D eigenvalue weighted by molar-refractivity contribution is 5.94. The predicted octanol–water partition coefficient (Wildman–Crippen LogP) is 2.40. The molecule has 1 N–H and O–H groups in total. The lowest BCUT2D eigenvalue weighted by molar-refractivity contribution is -0.126. The Morgan fingerprint density at radius 3 is 2.48 bits per heavy atom. The molecular formula is C15H20F2N2O2. The zero-order valence-corrected chi connectivity index (χ0v) is 12.4. The average Bonchev–Trinajstić information content (AvgIpc) is 2.41. The highest BCUT2D eigenvalue weighted by Crippen LogP contribution is 2.17. The van der Waals surface area contributed by atoms with Crippen LogP contribution in [0, 0.1) is 11.6 Å². The van der Waals surface area contributed by atoms with E-state index in [2.05, 4.69) is 5.32 Å². The lowest BCUT2D eigenvalue weighted by Gasteiger charge is -2.38. The summed E-state index contributed by atoms with van der Waals surface area (Å²) in [6, 6.07) is 2.94. The first-order valence-corrected chi connectivity index (χ1v) is 7.02. The standard InChI is InChI=1S/C15H20F2N2O2/c1-9-7-19(8-10(2)21-9)11(3)15(20)18-12-4-5-13(16)14(17)6-12/h4-6,9-11H,7-8H2,1-3H3,(H,18,20)/t9-,10-,11+/m1/s1. The first-order chi connectivity index (χ1) is 9.86. The van der Waals surface area contributed by atoms with Gasteiger partial charge in [0, 0.05) is 24.8 Å². The fourth-order valence-corrected chi connectivity index (χ4v) is 2.52. The normalized spacial score (nSPS) is 24.6. The molecule has 6 heteroatoms. The smallest absolute Gasteiger partial charge is 0.241 e. The summed E-state index contributed by atoms with van der Waals surface area (Å²) in [6.07, 6.45) is 0.125. The Kier molecular flexibility index (Phi) is 4.90. The van der Waals surface area contributed by atoms with Gasteiger partial charge in [0.1, 0.15) is 0 Å². The summed E-state index contributed by atoms with van der Waals surface area (Å²) in [5.74, 6) is -2.16. The third-order valence-electron chi connectivity index (χ3n) is 3.56. The maximum atomic E-state index is 13.1. The van der Waals surface area contributed by atoms with Crippen LogP contribution in [0.25, 0.3) is 0 Å². The van der Waals surface area contributed by atoms with Gasteiger partial charge in [0.25, 0.3) is 0 Å². The van der Waals surface area contributed by atoms with Gasteiger partial charge in [-0.2, -0.15) is 0 Å². The molecule has 0 spiro atoms. The number of benzene rings is 1. The third-order valence-corrected chi connectivity index (χ3v) is 3.56. The van der Waals surface area contributed by atoms with E-state index in [0.717, 1.165) is 12.1 Å². The SMILES string of the molecule is C[C@@H]1CN([C@@H](C)C(=O)Nc2ccc(F)c(F)c2)C[C@@H](C)O1. The Bertz CT molecular complexity index is 514. The van der Waals surface area contributed by atoms with E-state index in [0.29, 0.717) is 13.1 Å². The second-order valence-corrected chi connectivity index (χ2v) is 5.51. The molecule has 0 unspecified atom stereocenters. The molecule has 21 heavy (non-hydrogen) atoms. The summed E-state index contributed by atoms with van der Waals surface area (Å²) in [5, 5.41) is 2.61. The van der Waals surface area contributed by atoms with Crippen LogP contribution in [0.1, 0.15) is 20.8 Å². The number of hydrogen-bond acceptors (Lipinski definition) is 3. The molecule has 1 amide bonds. The molecule has 1 heterocycles. The molecule has 1 aromatic rings. The quantitative estimate of drug-likeness (QED) is 0.931. The third kappa shape index (κ3) is 3.98. The number of nitrogens with zero attached hydrogens (tertiary/aromatic N) is 1. The zero-order valence-electron chi connectivity index (χ0n) is 12.4. The van der Waals surface area contributed by atoms with Gasteiger partial charge >= 0.3 is 0 Å². The van der Waals surface area contributed by atoms with Crippen LogP contribution in [0.5, 0.6) is 0 Å². The highest BCUT2D eigenvalue weighted by atomic mass is 19.2. The summed E-state index contributed by atoms with van der Waals surface area (Å²) in [5.41, 5.74) is 0.250. The second-order valence-electron chi connectivity index (χ2n) is 5.51. The molecule has 0 saturated carbocycles. The van der Waals surface area contributed by atoms with Crippen molar-refractivity contribution in [3.8, 4) is 0 Å². The number of anilines is 1. The van der Waals surface area contributed by atoms with Crippen LogP contribution >= 0.6 is 0 Å². The number of nitrogens with one attached hydrogen (secondary N) is 1. The minimum Gasteiger partial charge on any atom is -0.373 e. The number of carbonyl (C=O) groups excluding carboxylic acids is 1. The minimum absolute atomic E-state index is 0.0623. The molecule has 1 aliphatic rings. The number of amides is 1. The molecule has 2 rings (SSSR count). The Hall–Kier alpha value is -1.53. The van der Waals surface area contributed by atoms with Crippen LogP contribution < -0.4 is 5.32 Å². The van der Waals surface area contributed by atoms with E-state index in [1.807, 2.05) is 18.7 Å². The molecule has 3 atom stereocenters. The van der Waals surface area contributed by atoms with Crippen molar-refractivity contribution in [2.75, 3.05) is 18.4 Å². The topological polar surface area (TPSA) is 41.6 Å². The largest absolute Gasteiger partial charge is 0.373 e. The van der Waals surface area contributed by atoms with Gasteiger partial charge in [0.05, 0.1) is 18.2 Å². The maximum Gasteiger partial charge on any atom is 0.241 e. The van der Waals surface area contributed by atoms with Crippen molar-refractivity contribution in [1.82, 2.24) is 4.90 Å². The van der Waals surface area contributed by atoms with Gasteiger partial charge < -0.3 is 10.1 Å². The Morgan fingerprint density at radius 2 is 1.90 bits per heavy atom. The number of ether oxygens (including phenoxy) is 1. The zero-order chi connectivity index (χ0) is 15.6. The summed E-state index contributed by atoms with van der Waals surface area (Å²) in [7, 11) is 0. The molecule has 1 aliphatic heterocycles. The van der Waals surface area contributed by atoms with Crippen molar-refractivity contribution >= 4 is 11.6 Å². The van der Waals surface area contributed by atoms with E-state index in [1.165, 1.54) is 6.07 Å². The first-order valence-electron chi connectivity index (χ1n) is 7.02. The van der Waals surface area contributed by atoms with Gasteiger partial charge in [-0.15, -0.1) is 0 Å². The number of rotatable bonds is 3. The van der Waals surface area contributed by atoms with Crippen molar-refractivity contribution in [2.45, 2.75) is 39.0 Å². The maximum absolute atomic E-state index is 13.1. The van der Waals surface area contributed by atoms with Crippen molar-refractivity contribution in [3.05, 3.63) is 29.8 Å². The molecule has 1 aromatic carbocycles. The van der Waals surface area contributed by atoms with Gasteiger partial charge in [0.2, 0.25) is 5.91 Å². The van der Waals surface area contributed by atoms with E-state index >= 15 is 0 Å². The van der Waals surface area contributed by atoms with E-state index in [9.17, 15) is 13.6 Å². The number of morpholine rings is 1. The predicted molar refractivity (Wildman–Crippen MR) is 76.0 cm³/mol. The van der Waals surface area contributed by atoms with Crippen LogP contribution in [-0.2, 0) is 9.53 Å². The molecule has 116 valence electrons. The van der Waals surface area contributed by atoms with Crippen LogP contribution in [0.15, 0.2) is 18.2 Å². The van der Waals surface area contributed by atoms with Gasteiger partial charge in [0.15, 0.2) is 11.6 Å². The van der Waals surface area contributed by atoms with Crippen molar-refractivity contribution in [3.63, 3.8) is 0 Å². The second kappa shape index (κ2) is 6.49. The van der Waals surface area contributed by atoms with E-state index in [1.54, 1.807) is 6.92 Å². The fraction of sp³-hybridized carbons (Fsp3) is 0.533. The molecule has 4 nitrogen and oxygen atoms in total. The average molecular weight is 298 g/mol. The van der Waals surface area contributed by atoms with Crippen molar-refractivity contribution in [2.24, 2.45) is 0 Å². The number of carbonyl (C=O) groups is 1. The fourth-order valence-electron chi connectivity index (χ4n) is 2.52. The van der Waals surface area contributed by atoms with Gasteiger partial charge in [-0.25, -0.2) is 8.78 Å². The lowest BCUT2D eigenvalue weighted by atomic mass is 10.1. The van der Waals surface area contributed by atoms with Crippen LogP contribution in [0.3, 0.4) is 0 Å². The highest BCUT2D eigenvalue weighted by Gasteiger charge is 2.29. The Morgan fingerprint density at radius 1 is 1.29 bits per heavy atom. The molecule has 0 radical (unpaired) electrons. The molecule has 0 aromatic heterocycles. The molecule has 0 aliphatic carbocycles. The molecule has 0 bridgehead atoms. The Labute approximate surface area is 123 Å². The van der Waals surface area contributed by atoms with Crippen molar-refractivity contribution in [1.29, 1.82) is 0 Å². The monoisotopic (exact) mass is 298 g/mol. The van der Waals surface area contributed by atoms with E-state index in [-0.39, 0.29) is 29.8 Å². The molecular weight excluding hydrogens is 278 g/mol. The van der Waals surface area contributed by atoms with Gasteiger partial charge in [-0.3, -0.25) is 9.69 Å². The summed E-state index contributed by atoms with van der Waals surface area (Å²) in [6.45, 7) is 7.04. The van der Waals surface area contributed by atoms with Gasteiger partial charge in [-0.1, -0.05) is 0 Å². The first kappa shape index (κ1) is 15.9. The van der Waals surface area contributed by atoms with E-state index < -0.39 is 11.6 Å². The van der Waals surface area contributed by atoms with E-state index in [4.69, 9.17) is 4.74 Å². The molecule has 1 fully saturated rings. The summed E-state index contributed by atoms with van der Waals surface area (Å²) >= 11 is 0. The summed E-state index contributed by atoms with van der Waals surface area (Å²) < 4.78 is 31.6. The lowest BCUT2D eigenvalue weighted by Crippen LogP contribution is -2.52. The summed E-state index contributed by atoms with van der Waals surface area (Å²) in [4.78, 5) is 14.2. The van der Waals surface area contributed by atoms with Gasteiger partial charge in [-0.05, 0) is 32.9 Å². The minimum atomic E-state index is -0.978. The van der Waals surface area contributed by atoms with Crippen LogP contribution in [-0.4, -0.2) is 42.1 Å².